The van der Waals surface area contributed by atoms with Crippen LogP contribution in [0.3, 0.4) is 0 Å². The number of aromatic amines is 1. The molecule has 1 N–H and O–H groups in total. The summed E-state index contributed by atoms with van der Waals surface area (Å²) in [4.78, 5) is 29.0. The topological polar surface area (TPSA) is 74.4 Å². The number of fused-ring (bicyclic) bond motifs is 1. The number of hydrogen-bond acceptors (Lipinski definition) is 5. The third-order valence-electron chi connectivity index (χ3n) is 6.45. The fraction of sp³-hybridized carbons (Fsp3) is 0.550. The monoisotopic (exact) mass is 367 g/mol. The molecule has 0 aromatic carbocycles. The third kappa shape index (κ3) is 2.56. The van der Waals surface area contributed by atoms with E-state index in [-0.39, 0.29) is 11.4 Å². The molecular weight excluding hydrogens is 342 g/mol. The Morgan fingerprint density at radius 2 is 2.15 bits per heavy atom. The Morgan fingerprint density at radius 3 is 2.93 bits per heavy atom. The number of carbonyl (C=O) groups is 1. The number of likely N-dealkylation sites (tertiary alicyclic amines) is 1. The molecule has 3 saturated heterocycles. The fourth-order valence-electron chi connectivity index (χ4n) is 5.08. The van der Waals surface area contributed by atoms with Crippen molar-refractivity contribution < 1.29 is 9.53 Å². The summed E-state index contributed by atoms with van der Waals surface area (Å²) in [5.74, 6) is 1.52. The van der Waals surface area contributed by atoms with Crippen LogP contribution in [0.1, 0.15) is 37.2 Å². The van der Waals surface area contributed by atoms with Crippen molar-refractivity contribution >= 4 is 22.8 Å². The van der Waals surface area contributed by atoms with Crippen molar-refractivity contribution in [2.24, 2.45) is 0 Å². The smallest absolute Gasteiger partial charge is 0.246 e. The van der Waals surface area contributed by atoms with Crippen LogP contribution < -0.4 is 4.90 Å². The minimum Gasteiger partial charge on any atom is -0.381 e. The number of rotatable bonds is 3. The van der Waals surface area contributed by atoms with Crippen LogP contribution in [0.4, 0.5) is 5.82 Å². The van der Waals surface area contributed by atoms with Crippen LogP contribution in [0.25, 0.3) is 11.0 Å². The standard InChI is InChI=1S/C20H25N5O2/c1-2-16(26)25-7-3-6-20(25)11-24(12-20)19-17-15(14-4-8-27-9-5-14)10-21-18(17)22-13-23-19/h2,10,13-14H,1,3-9,11-12H2,(H,21,22,23). The van der Waals surface area contributed by atoms with Gasteiger partial charge in [0.05, 0.1) is 10.9 Å². The zero-order valence-electron chi connectivity index (χ0n) is 15.5. The molecule has 7 nitrogen and oxygen atoms in total. The molecule has 2 aromatic rings. The van der Waals surface area contributed by atoms with Crippen molar-refractivity contribution in [3.8, 4) is 0 Å². The molecule has 0 aliphatic carbocycles. The number of H-pyrrole nitrogens is 1. The summed E-state index contributed by atoms with van der Waals surface area (Å²) in [5, 5.41) is 1.14. The quantitative estimate of drug-likeness (QED) is 0.842. The van der Waals surface area contributed by atoms with E-state index >= 15 is 0 Å². The number of amides is 1. The molecule has 5 rings (SSSR count). The molecule has 27 heavy (non-hydrogen) atoms. The van der Waals surface area contributed by atoms with Gasteiger partial charge in [0.15, 0.2) is 0 Å². The van der Waals surface area contributed by atoms with Gasteiger partial charge in [-0.05, 0) is 43.2 Å². The Bertz CT molecular complexity index is 880. The molecule has 1 amide bonds. The molecule has 7 heteroatoms. The van der Waals surface area contributed by atoms with Crippen LogP contribution >= 0.6 is 0 Å². The van der Waals surface area contributed by atoms with Gasteiger partial charge in [-0.3, -0.25) is 4.79 Å². The van der Waals surface area contributed by atoms with E-state index in [2.05, 4.69) is 32.6 Å². The number of aromatic nitrogens is 3. The maximum Gasteiger partial charge on any atom is 0.246 e. The van der Waals surface area contributed by atoms with Crippen molar-refractivity contribution in [2.45, 2.75) is 37.1 Å². The van der Waals surface area contributed by atoms with Crippen LogP contribution in [0.5, 0.6) is 0 Å². The van der Waals surface area contributed by atoms with Gasteiger partial charge in [0.2, 0.25) is 5.91 Å². The first-order valence-corrected chi connectivity index (χ1v) is 9.80. The van der Waals surface area contributed by atoms with Crippen LogP contribution in [-0.4, -0.2) is 64.1 Å². The molecule has 0 saturated carbocycles. The largest absolute Gasteiger partial charge is 0.381 e. The molecule has 5 heterocycles. The van der Waals surface area contributed by atoms with Crippen molar-refractivity contribution in [1.82, 2.24) is 19.9 Å². The van der Waals surface area contributed by atoms with Gasteiger partial charge in [0.1, 0.15) is 17.8 Å². The van der Waals surface area contributed by atoms with Crippen molar-refractivity contribution in [3.05, 3.63) is 30.7 Å². The molecule has 0 atom stereocenters. The van der Waals surface area contributed by atoms with Gasteiger partial charge in [-0.25, -0.2) is 9.97 Å². The van der Waals surface area contributed by atoms with Crippen LogP contribution in [0.2, 0.25) is 0 Å². The van der Waals surface area contributed by atoms with Gasteiger partial charge in [0, 0.05) is 39.0 Å². The van der Waals surface area contributed by atoms with Crippen molar-refractivity contribution in [1.29, 1.82) is 0 Å². The molecule has 2 aromatic heterocycles. The second-order valence-electron chi connectivity index (χ2n) is 7.93. The summed E-state index contributed by atoms with van der Waals surface area (Å²) >= 11 is 0. The lowest BCUT2D eigenvalue weighted by Crippen LogP contribution is -2.69. The number of carbonyl (C=O) groups excluding carboxylic acids is 1. The number of nitrogens with zero attached hydrogens (tertiary/aromatic N) is 4. The van der Waals surface area contributed by atoms with E-state index in [0.29, 0.717) is 5.92 Å². The molecule has 0 unspecified atom stereocenters. The van der Waals surface area contributed by atoms with Gasteiger partial charge in [-0.15, -0.1) is 0 Å². The maximum atomic E-state index is 12.2. The molecule has 3 fully saturated rings. The highest BCUT2D eigenvalue weighted by Crippen LogP contribution is 2.43. The fourth-order valence-corrected chi connectivity index (χ4v) is 5.08. The number of ether oxygens (including phenoxy) is 1. The second-order valence-corrected chi connectivity index (χ2v) is 7.93. The predicted octanol–water partition coefficient (Wildman–Crippen LogP) is 2.22. The van der Waals surface area contributed by atoms with Crippen LogP contribution in [-0.2, 0) is 9.53 Å². The van der Waals surface area contributed by atoms with Crippen molar-refractivity contribution in [2.75, 3.05) is 37.7 Å². The lowest BCUT2D eigenvalue weighted by atomic mass is 9.86. The predicted molar refractivity (Wildman–Crippen MR) is 103 cm³/mol. The summed E-state index contributed by atoms with van der Waals surface area (Å²) in [6.45, 7) is 7.78. The van der Waals surface area contributed by atoms with Crippen LogP contribution in [0.15, 0.2) is 25.2 Å². The van der Waals surface area contributed by atoms with E-state index in [1.165, 1.54) is 11.6 Å². The Balaban J connectivity index is 1.45. The number of hydrogen-bond donors (Lipinski definition) is 1. The SMILES string of the molecule is C=CC(=O)N1CCCC12CN(c1ncnc3[nH]cc(C4CCOCC4)c13)C2. The average Bonchev–Trinajstić information content (AvgIpc) is 3.31. The summed E-state index contributed by atoms with van der Waals surface area (Å²) in [5.41, 5.74) is 2.14. The van der Waals surface area contributed by atoms with Crippen LogP contribution in [0, 0.1) is 0 Å². The van der Waals surface area contributed by atoms with E-state index in [1.807, 2.05) is 4.90 Å². The number of anilines is 1. The van der Waals surface area contributed by atoms with Gasteiger partial charge < -0.3 is 19.5 Å². The van der Waals surface area contributed by atoms with E-state index in [1.54, 1.807) is 6.33 Å². The zero-order valence-corrected chi connectivity index (χ0v) is 15.5. The Kier molecular flexibility index (Phi) is 3.93. The molecule has 142 valence electrons. The highest BCUT2D eigenvalue weighted by Gasteiger charge is 2.52. The Morgan fingerprint density at radius 1 is 1.33 bits per heavy atom. The Hall–Kier alpha value is -2.41. The highest BCUT2D eigenvalue weighted by molar-refractivity contribution is 5.92. The van der Waals surface area contributed by atoms with Gasteiger partial charge in [-0.1, -0.05) is 6.58 Å². The first-order chi connectivity index (χ1) is 13.2. The van der Waals surface area contributed by atoms with E-state index in [9.17, 15) is 4.79 Å². The summed E-state index contributed by atoms with van der Waals surface area (Å²) in [6.07, 6.45) is 9.35. The molecule has 0 bridgehead atoms. The molecular formula is C20H25N5O2. The zero-order chi connectivity index (χ0) is 18.4. The van der Waals surface area contributed by atoms with Gasteiger partial charge in [0.25, 0.3) is 0 Å². The normalized spacial score (nSPS) is 22.4. The minimum absolute atomic E-state index is 0.0459. The summed E-state index contributed by atoms with van der Waals surface area (Å²) in [7, 11) is 0. The summed E-state index contributed by atoms with van der Waals surface area (Å²) < 4.78 is 5.53. The second kappa shape index (κ2) is 6.34. The van der Waals surface area contributed by atoms with E-state index < -0.39 is 0 Å². The Labute approximate surface area is 158 Å². The van der Waals surface area contributed by atoms with E-state index in [0.717, 1.165) is 75.4 Å². The van der Waals surface area contributed by atoms with Gasteiger partial charge in [-0.2, -0.15) is 0 Å². The molecule has 3 aliphatic rings. The first-order valence-electron chi connectivity index (χ1n) is 9.80. The third-order valence-corrected chi connectivity index (χ3v) is 6.45. The van der Waals surface area contributed by atoms with E-state index in [4.69, 9.17) is 4.74 Å². The molecule has 3 aliphatic heterocycles. The minimum atomic E-state index is -0.0578. The van der Waals surface area contributed by atoms with Gasteiger partial charge >= 0.3 is 0 Å². The number of nitrogens with one attached hydrogen (secondary N) is 1. The van der Waals surface area contributed by atoms with Crippen molar-refractivity contribution in [3.63, 3.8) is 0 Å². The molecule has 1 spiro atoms. The highest BCUT2D eigenvalue weighted by atomic mass is 16.5. The average molecular weight is 367 g/mol. The lowest BCUT2D eigenvalue weighted by molar-refractivity contribution is -0.130. The first kappa shape index (κ1) is 16.7. The molecule has 0 radical (unpaired) electrons. The summed E-state index contributed by atoms with van der Waals surface area (Å²) in [6, 6.07) is 0. The maximum absolute atomic E-state index is 12.2. The lowest BCUT2D eigenvalue weighted by Gasteiger charge is -2.53.